The van der Waals surface area contributed by atoms with Crippen LogP contribution < -0.4 is 30.6 Å². The number of aromatic amines is 1. The zero-order valence-electron chi connectivity index (χ0n) is 56.8. The van der Waals surface area contributed by atoms with Gasteiger partial charge in [-0.25, -0.2) is 40.5 Å². The lowest BCUT2D eigenvalue weighted by Crippen LogP contribution is -2.35. The minimum Gasteiger partial charge on any atom is -0.467 e. The number of urea groups is 1. The van der Waals surface area contributed by atoms with Gasteiger partial charge in [-0.3, -0.25) is 29.2 Å². The Labute approximate surface area is 577 Å². The standard InChI is InChI=1S/C23H32N2O4.C18H17NO3.C16H17N3O5S.C12H12ClN5O4S/c1-7-16-13-15(3)14-17(8-2)18(16)19-20(26)24-9-11-28-12-10-25(24)21(19)29-22(27)23(4,5)6;1-2-21-17(20)16-13-18(22-19-16,14-9-5-3-6-10-14)15-11-7-4-8-12-15;1-9-10(15(20)11-8-17-19(2)16(11)21)4-5-13(25(3,22)23)14(9)12-6-7-24-18-12;1-7-14-10(17-12(15-7)22-2)16-11(19)18-23(20,21)9-6-4-3-5-8(9)13/h13-14H,7-12H2,1-6H3;3-12H,2,13H2,1H3;4-5,8,17H,6-7H2,1-3H3;3-6H,1-2H3,(H2,14,15,16,17,18,19). The lowest BCUT2D eigenvalue weighted by molar-refractivity contribution is -0.143. The number of esters is 2. The van der Waals surface area contributed by atoms with Crippen molar-refractivity contribution in [2.24, 2.45) is 22.8 Å². The maximum absolute atomic E-state index is 13.5. The summed E-state index contributed by atoms with van der Waals surface area (Å²) < 4.78 is 76.3. The Kier molecular flexibility index (Phi) is 24.2. The largest absolute Gasteiger partial charge is 0.467 e. The SMILES string of the molecule is CCOC(=O)C1=NOC(c2ccccc2)(c2ccccc2)C1.CCc1cc(C)cc(CC)c1-c1c(OC(=O)C(C)(C)C)n2n(c1=O)CCOCC2.COc1nc(C)nc(NC(=O)NS(=O)(=O)c2ccccc2Cl)n1.Cc1c(C(=O)c2c[nH]n(C)c2=O)ccc(S(C)(=O)=O)c1C1=NOCC1. The molecule has 0 radical (unpaired) electrons. The zero-order valence-corrected chi connectivity index (χ0v) is 59.2. The van der Waals surface area contributed by atoms with E-state index in [1.807, 2.05) is 86.2 Å². The summed E-state index contributed by atoms with van der Waals surface area (Å²) in [5, 5.41) is 12.7. The summed E-state index contributed by atoms with van der Waals surface area (Å²) in [6.07, 6.45) is 4.84. The first-order chi connectivity index (χ1) is 47.0. The second kappa shape index (κ2) is 32.1. The van der Waals surface area contributed by atoms with Crippen molar-refractivity contribution in [3.05, 3.63) is 197 Å². The van der Waals surface area contributed by atoms with Gasteiger partial charge < -0.3 is 33.7 Å². The molecule has 6 heterocycles. The van der Waals surface area contributed by atoms with E-state index < -0.39 is 54.2 Å². The molecule has 0 saturated heterocycles. The van der Waals surface area contributed by atoms with Crippen LogP contribution in [-0.2, 0) is 87.2 Å². The average molecular weight is 1420 g/mol. The molecule has 0 unspecified atom stereocenters. The van der Waals surface area contributed by atoms with E-state index in [1.165, 1.54) is 60.9 Å². The maximum Gasteiger partial charge on any atom is 0.356 e. The van der Waals surface area contributed by atoms with Gasteiger partial charge in [0.15, 0.2) is 26.9 Å². The number of ether oxygens (including phenoxy) is 4. The molecule has 3 aliphatic rings. The number of carbonyl (C=O) groups excluding carboxylic acids is 4. The lowest BCUT2D eigenvalue weighted by Gasteiger charge is -2.27. The number of hydrogen-bond donors (Lipinski definition) is 3. The molecule has 8 aromatic rings. The van der Waals surface area contributed by atoms with Crippen molar-refractivity contribution in [1.82, 2.24) is 38.8 Å². The van der Waals surface area contributed by atoms with Gasteiger partial charge >= 0.3 is 24.0 Å². The third kappa shape index (κ3) is 17.4. The van der Waals surface area contributed by atoms with Crippen LogP contribution in [0.15, 0.2) is 145 Å². The van der Waals surface area contributed by atoms with Crippen LogP contribution in [-0.4, -0.2) is 126 Å². The summed E-state index contributed by atoms with van der Waals surface area (Å²) >= 11 is 5.81. The van der Waals surface area contributed by atoms with Gasteiger partial charge in [0.25, 0.3) is 21.1 Å². The molecule has 5 aromatic carbocycles. The number of oxime groups is 2. The van der Waals surface area contributed by atoms with Crippen molar-refractivity contribution in [3.8, 4) is 23.0 Å². The molecule has 3 N–H and O–H groups in total. The number of nitrogens with zero attached hydrogens (tertiary/aromatic N) is 8. The molecular weight excluding hydrogens is 1340 g/mol. The number of methoxy groups -OCH3 is 1. The Morgan fingerprint density at radius 1 is 0.737 bits per heavy atom. The number of aryl methyl sites for hydroxylation is 5. The molecule has 30 heteroatoms. The molecule has 99 heavy (non-hydrogen) atoms. The van der Waals surface area contributed by atoms with E-state index in [0.29, 0.717) is 92.2 Å². The molecule has 11 rings (SSSR count). The Hall–Kier alpha value is -10.1. The Morgan fingerprint density at radius 2 is 1.35 bits per heavy atom. The van der Waals surface area contributed by atoms with E-state index in [4.69, 9.17) is 40.2 Å². The fraction of sp³-hybridized carbons (Fsp3) is 0.348. The first-order valence-corrected chi connectivity index (χ1v) is 35.2. The molecule has 524 valence electrons. The number of carbonyl (C=O) groups is 4. The fourth-order valence-electron chi connectivity index (χ4n) is 10.9. The number of aromatic nitrogens is 7. The third-order valence-corrected chi connectivity index (χ3v) is 18.7. The summed E-state index contributed by atoms with van der Waals surface area (Å²) in [5.41, 5.74) is 6.57. The van der Waals surface area contributed by atoms with Crippen molar-refractivity contribution < 1.29 is 64.6 Å². The Balaban J connectivity index is 0.000000169. The van der Waals surface area contributed by atoms with E-state index in [-0.39, 0.29) is 49.4 Å². The number of rotatable bonds is 16. The van der Waals surface area contributed by atoms with Crippen LogP contribution in [0.4, 0.5) is 10.7 Å². The van der Waals surface area contributed by atoms with Gasteiger partial charge in [0, 0.05) is 48.2 Å². The van der Waals surface area contributed by atoms with Gasteiger partial charge in [0.1, 0.15) is 28.5 Å². The van der Waals surface area contributed by atoms with Crippen molar-refractivity contribution in [2.45, 2.75) is 116 Å². The van der Waals surface area contributed by atoms with Crippen LogP contribution in [0.1, 0.15) is 115 Å². The van der Waals surface area contributed by atoms with E-state index in [0.717, 1.165) is 46.9 Å². The average Bonchev–Trinajstić information content (AvgIpc) is 1.60. The number of sulfone groups is 1. The van der Waals surface area contributed by atoms with E-state index in [2.05, 4.69) is 68.6 Å². The monoisotopic (exact) mass is 1420 g/mol. The molecule has 3 aliphatic heterocycles. The van der Waals surface area contributed by atoms with Gasteiger partial charge in [-0.2, -0.15) is 15.0 Å². The van der Waals surface area contributed by atoms with Crippen molar-refractivity contribution in [3.63, 3.8) is 0 Å². The number of H-pyrrole nitrogens is 1. The number of amides is 2. The van der Waals surface area contributed by atoms with Gasteiger partial charge in [-0.05, 0) is 108 Å². The van der Waals surface area contributed by atoms with E-state index >= 15 is 0 Å². The van der Waals surface area contributed by atoms with Gasteiger partial charge in [0.05, 0.1) is 67.5 Å². The van der Waals surface area contributed by atoms with Gasteiger partial charge in [-0.15, -0.1) is 0 Å². The van der Waals surface area contributed by atoms with Crippen molar-refractivity contribution >= 4 is 72.6 Å². The highest BCUT2D eigenvalue weighted by molar-refractivity contribution is 7.91. The number of benzene rings is 5. The van der Waals surface area contributed by atoms with Crippen LogP contribution in [0, 0.1) is 26.2 Å². The first kappa shape index (κ1) is 74.7. The number of hydrogen-bond acceptors (Lipinski definition) is 21. The van der Waals surface area contributed by atoms with Crippen molar-refractivity contribution in [1.29, 1.82) is 0 Å². The number of fused-ring (bicyclic) bond motifs is 1. The molecule has 0 spiro atoms. The molecule has 0 atom stereocenters. The fourth-order valence-corrected chi connectivity index (χ4v) is 13.3. The minimum absolute atomic E-state index is 0.00623. The van der Waals surface area contributed by atoms with E-state index in [9.17, 15) is 45.6 Å². The van der Waals surface area contributed by atoms with Gasteiger partial charge in [0.2, 0.25) is 11.8 Å². The number of ketones is 1. The normalized spacial score (nSPS) is 13.9. The zero-order chi connectivity index (χ0) is 72.1. The third-order valence-electron chi connectivity index (χ3n) is 15.7. The van der Waals surface area contributed by atoms with Crippen LogP contribution in [0.3, 0.4) is 0 Å². The maximum atomic E-state index is 13.5. The Morgan fingerprint density at radius 3 is 1.90 bits per heavy atom. The highest BCUT2D eigenvalue weighted by Crippen LogP contribution is 2.42. The van der Waals surface area contributed by atoms with Crippen LogP contribution in [0.2, 0.25) is 5.02 Å². The van der Waals surface area contributed by atoms with Gasteiger partial charge in [-0.1, -0.05) is 126 Å². The Bertz CT molecular complexity index is 4690. The summed E-state index contributed by atoms with van der Waals surface area (Å²) in [4.78, 5) is 97.0. The second-order valence-electron chi connectivity index (χ2n) is 23.8. The number of anilines is 1. The smallest absolute Gasteiger partial charge is 0.356 e. The molecule has 0 fully saturated rings. The number of nitrogens with one attached hydrogen (secondary N) is 3. The molecule has 2 amide bonds. The van der Waals surface area contributed by atoms with Crippen LogP contribution in [0.5, 0.6) is 11.9 Å². The summed E-state index contributed by atoms with van der Waals surface area (Å²) in [6, 6.07) is 31.4. The quantitative estimate of drug-likeness (QED) is 0.0599. The topological polar surface area (TPSA) is 344 Å². The van der Waals surface area contributed by atoms with E-state index in [1.54, 1.807) is 36.2 Å². The molecule has 27 nitrogen and oxygen atoms in total. The predicted molar refractivity (Wildman–Crippen MR) is 370 cm³/mol. The van der Waals surface area contributed by atoms with Crippen molar-refractivity contribution in [2.75, 3.05) is 45.1 Å². The molecule has 0 saturated carbocycles. The van der Waals surface area contributed by atoms with Crippen LogP contribution >= 0.6 is 11.6 Å². The summed E-state index contributed by atoms with van der Waals surface area (Å²) in [6.45, 7) is 19.2. The lowest BCUT2D eigenvalue weighted by atomic mass is 9.82. The minimum atomic E-state index is -4.13. The second-order valence-corrected chi connectivity index (χ2v) is 27.8. The number of halogens is 1. The highest BCUT2D eigenvalue weighted by Gasteiger charge is 2.45. The summed E-state index contributed by atoms with van der Waals surface area (Å²) in [7, 11) is -4.80. The summed E-state index contributed by atoms with van der Waals surface area (Å²) in [5.74, 6) is -0.763. The highest BCUT2D eigenvalue weighted by atomic mass is 35.5. The molecule has 3 aromatic heterocycles. The molecular formula is C69H78ClN11O16S2. The predicted octanol–water partition coefficient (Wildman–Crippen LogP) is 9.13. The number of sulfonamides is 1. The molecule has 0 bridgehead atoms. The first-order valence-electron chi connectivity index (χ1n) is 31.4. The van der Waals surface area contributed by atoms with Crippen LogP contribution in [0.25, 0.3) is 11.1 Å². The molecule has 0 aliphatic carbocycles.